The maximum absolute atomic E-state index is 13.5. The Labute approximate surface area is 140 Å². The molecule has 0 spiro atoms. The summed E-state index contributed by atoms with van der Waals surface area (Å²) in [6.45, 7) is -1.31. The zero-order valence-electron chi connectivity index (χ0n) is 12.5. The Bertz CT molecular complexity index is 570. The minimum Gasteiger partial charge on any atom is -0.465 e. The van der Waals surface area contributed by atoms with Crippen molar-refractivity contribution < 1.29 is 27.5 Å². The lowest BCUT2D eigenvalue weighted by Crippen LogP contribution is -2.44. The average Bonchev–Trinajstić information content (AvgIpc) is 2.94. The molecule has 1 fully saturated rings. The van der Waals surface area contributed by atoms with Crippen molar-refractivity contribution in [2.24, 2.45) is 0 Å². The molecule has 1 aliphatic rings. The van der Waals surface area contributed by atoms with E-state index < -0.39 is 31.0 Å². The number of aromatic nitrogens is 1. The van der Waals surface area contributed by atoms with Crippen molar-refractivity contribution in [2.75, 3.05) is 26.3 Å². The lowest BCUT2D eigenvalue weighted by molar-refractivity contribution is -0.184. The van der Waals surface area contributed by atoms with Crippen molar-refractivity contribution in [3.05, 3.63) is 29.0 Å². The van der Waals surface area contributed by atoms with Gasteiger partial charge in [-0.2, -0.15) is 13.2 Å². The largest absolute Gasteiger partial charge is 0.465 e. The number of rotatable bonds is 5. The third-order valence-electron chi connectivity index (χ3n) is 3.95. The summed E-state index contributed by atoms with van der Waals surface area (Å²) >= 11 is 5.61. The summed E-state index contributed by atoms with van der Waals surface area (Å²) in [5.41, 5.74) is -0.0695. The van der Waals surface area contributed by atoms with Crippen molar-refractivity contribution in [3.8, 4) is 0 Å². The number of halogens is 5. The van der Waals surface area contributed by atoms with Crippen LogP contribution in [0.1, 0.15) is 18.0 Å². The zero-order valence-corrected chi connectivity index (χ0v) is 13.3. The summed E-state index contributed by atoms with van der Waals surface area (Å²) in [6, 6.07) is -0.0654. The van der Waals surface area contributed by atoms with E-state index in [0.717, 1.165) is 16.0 Å². The minimum atomic E-state index is -4.56. The molecular formula is C14H16ClF4N3O2. The van der Waals surface area contributed by atoms with E-state index in [4.69, 9.17) is 16.7 Å². The van der Waals surface area contributed by atoms with Crippen molar-refractivity contribution in [1.82, 2.24) is 14.8 Å². The van der Waals surface area contributed by atoms with Crippen LogP contribution in [0.2, 0.25) is 5.15 Å². The first kappa shape index (κ1) is 18.7. The van der Waals surface area contributed by atoms with Crippen LogP contribution in [0.4, 0.5) is 22.4 Å². The van der Waals surface area contributed by atoms with Gasteiger partial charge in [0, 0.05) is 25.3 Å². The summed E-state index contributed by atoms with van der Waals surface area (Å²) in [5.74, 6) is 0. The number of alkyl halides is 4. The Balaban J connectivity index is 2.20. The highest BCUT2D eigenvalue weighted by Crippen LogP contribution is 2.39. The zero-order chi connectivity index (χ0) is 17.9. The second-order valence-electron chi connectivity index (χ2n) is 5.46. The van der Waals surface area contributed by atoms with Gasteiger partial charge in [0.1, 0.15) is 17.9 Å². The number of carboxylic acid groups (broad SMARTS) is 1. The molecule has 10 heteroatoms. The summed E-state index contributed by atoms with van der Waals surface area (Å²) in [6.07, 6.45) is -4.63. The molecule has 1 saturated heterocycles. The molecule has 1 amide bonds. The normalized spacial score (nSPS) is 20.1. The van der Waals surface area contributed by atoms with Crippen LogP contribution in [0.3, 0.4) is 0 Å². The Morgan fingerprint density at radius 3 is 2.71 bits per heavy atom. The predicted molar refractivity (Wildman–Crippen MR) is 78.7 cm³/mol. The number of carbonyl (C=O) groups is 1. The molecule has 0 saturated carbocycles. The highest BCUT2D eigenvalue weighted by atomic mass is 35.5. The van der Waals surface area contributed by atoms with Crippen molar-refractivity contribution in [3.63, 3.8) is 0 Å². The Kier molecular flexibility index (Phi) is 5.87. The van der Waals surface area contributed by atoms with Gasteiger partial charge in [-0.1, -0.05) is 17.7 Å². The highest BCUT2D eigenvalue weighted by molar-refractivity contribution is 6.29. The summed E-state index contributed by atoms with van der Waals surface area (Å²) < 4.78 is 53.0. The molecule has 2 atom stereocenters. The van der Waals surface area contributed by atoms with Gasteiger partial charge in [-0.05, 0) is 18.1 Å². The maximum Gasteiger partial charge on any atom is 0.408 e. The van der Waals surface area contributed by atoms with Gasteiger partial charge in [-0.25, -0.2) is 14.2 Å². The van der Waals surface area contributed by atoms with E-state index in [9.17, 15) is 22.4 Å². The number of nitrogens with zero attached hydrogens (tertiary/aromatic N) is 3. The molecule has 0 aliphatic carbocycles. The number of pyridine rings is 1. The third kappa shape index (κ3) is 4.27. The van der Waals surface area contributed by atoms with Crippen molar-refractivity contribution in [1.29, 1.82) is 0 Å². The Morgan fingerprint density at radius 2 is 2.21 bits per heavy atom. The topological polar surface area (TPSA) is 56.7 Å². The van der Waals surface area contributed by atoms with Gasteiger partial charge >= 0.3 is 12.3 Å². The van der Waals surface area contributed by atoms with Crippen LogP contribution < -0.4 is 0 Å². The molecule has 2 heterocycles. The molecule has 2 rings (SSSR count). The lowest BCUT2D eigenvalue weighted by Gasteiger charge is -2.31. The van der Waals surface area contributed by atoms with E-state index in [0.29, 0.717) is 0 Å². The molecule has 24 heavy (non-hydrogen) atoms. The number of hydrogen-bond donors (Lipinski definition) is 1. The van der Waals surface area contributed by atoms with Gasteiger partial charge in [-0.3, -0.25) is 4.90 Å². The van der Waals surface area contributed by atoms with Crippen LogP contribution >= 0.6 is 11.6 Å². The first-order valence-electron chi connectivity index (χ1n) is 7.21. The molecule has 1 aromatic rings. The van der Waals surface area contributed by atoms with Crippen LogP contribution in [0, 0.1) is 0 Å². The van der Waals surface area contributed by atoms with Crippen LogP contribution in [0.5, 0.6) is 0 Å². The monoisotopic (exact) mass is 369 g/mol. The fraction of sp³-hybridized carbons (Fsp3) is 0.571. The van der Waals surface area contributed by atoms with Gasteiger partial charge in [0.05, 0.1) is 6.54 Å². The number of likely N-dealkylation sites (tertiary alicyclic amines) is 1. The fourth-order valence-electron chi connectivity index (χ4n) is 2.94. The van der Waals surface area contributed by atoms with E-state index >= 15 is 0 Å². The van der Waals surface area contributed by atoms with Crippen LogP contribution in [0.25, 0.3) is 0 Å². The van der Waals surface area contributed by atoms with Crippen LogP contribution in [0.15, 0.2) is 18.3 Å². The standard InChI is InChI=1S/C14H16ClF4N3O2/c15-11-2-1-9(7-20-11)12(14(17,18)19)21-5-3-10(8-21)22(6-4-16)13(23)24/h1-2,7,10,12H,3-6,8H2,(H,23,24)/t10?,12-/m1/s1. The summed E-state index contributed by atoms with van der Waals surface area (Å²) in [5, 5.41) is 9.17. The van der Waals surface area contributed by atoms with E-state index in [1.807, 2.05) is 0 Å². The molecule has 5 nitrogen and oxygen atoms in total. The first-order chi connectivity index (χ1) is 11.2. The molecule has 1 aliphatic heterocycles. The average molecular weight is 370 g/mol. The van der Waals surface area contributed by atoms with Crippen molar-refractivity contribution in [2.45, 2.75) is 24.7 Å². The molecule has 0 radical (unpaired) electrons. The molecule has 1 N–H and O–H groups in total. The quantitative estimate of drug-likeness (QED) is 0.638. The molecular weight excluding hydrogens is 354 g/mol. The van der Waals surface area contributed by atoms with Gasteiger partial charge < -0.3 is 10.0 Å². The van der Waals surface area contributed by atoms with E-state index in [1.54, 1.807) is 0 Å². The minimum absolute atomic E-state index is 0.0491. The molecule has 1 aromatic heterocycles. The maximum atomic E-state index is 13.5. The first-order valence-corrected chi connectivity index (χ1v) is 7.59. The van der Waals surface area contributed by atoms with E-state index in [2.05, 4.69) is 4.98 Å². The third-order valence-corrected chi connectivity index (χ3v) is 4.17. The second-order valence-corrected chi connectivity index (χ2v) is 5.85. The van der Waals surface area contributed by atoms with E-state index in [1.165, 1.54) is 12.1 Å². The SMILES string of the molecule is O=C(O)N(CCF)C1CCN([C@H](c2ccc(Cl)nc2)C(F)(F)F)C1. The number of hydrogen-bond acceptors (Lipinski definition) is 3. The fourth-order valence-corrected chi connectivity index (χ4v) is 3.05. The summed E-state index contributed by atoms with van der Waals surface area (Å²) in [4.78, 5) is 16.8. The van der Waals surface area contributed by atoms with Crippen LogP contribution in [-0.2, 0) is 0 Å². The molecule has 0 bridgehead atoms. The summed E-state index contributed by atoms with van der Waals surface area (Å²) in [7, 11) is 0. The van der Waals surface area contributed by atoms with Gasteiger partial charge in [-0.15, -0.1) is 0 Å². The van der Waals surface area contributed by atoms with Gasteiger partial charge in [0.15, 0.2) is 0 Å². The lowest BCUT2D eigenvalue weighted by atomic mass is 10.1. The Morgan fingerprint density at radius 1 is 1.50 bits per heavy atom. The predicted octanol–water partition coefficient (Wildman–Crippen LogP) is 3.36. The number of amides is 1. The van der Waals surface area contributed by atoms with Gasteiger partial charge in [0.2, 0.25) is 0 Å². The molecule has 1 unspecified atom stereocenters. The van der Waals surface area contributed by atoms with E-state index in [-0.39, 0.29) is 36.8 Å². The highest BCUT2D eigenvalue weighted by Gasteiger charge is 2.47. The molecule has 0 aromatic carbocycles. The van der Waals surface area contributed by atoms with Gasteiger partial charge in [0.25, 0.3) is 0 Å². The van der Waals surface area contributed by atoms with Crippen molar-refractivity contribution >= 4 is 17.7 Å². The van der Waals surface area contributed by atoms with Crippen LogP contribution in [-0.4, -0.2) is 64.5 Å². The second kappa shape index (κ2) is 7.52. The smallest absolute Gasteiger partial charge is 0.408 e. The Hall–Kier alpha value is -1.61. The molecule has 134 valence electrons.